The summed E-state index contributed by atoms with van der Waals surface area (Å²) < 4.78 is 0. The summed E-state index contributed by atoms with van der Waals surface area (Å²) in [5.41, 5.74) is 0.451. The highest BCUT2D eigenvalue weighted by atomic mass is 15.2. The molecule has 2 nitrogen and oxygen atoms in total. The molecule has 0 aromatic heterocycles. The zero-order valence-electron chi connectivity index (χ0n) is 15.1. The first kappa shape index (κ1) is 17.3. The van der Waals surface area contributed by atoms with Gasteiger partial charge in [0, 0.05) is 18.6 Å². The molecule has 1 saturated carbocycles. The Morgan fingerprint density at radius 2 is 1.62 bits per heavy atom. The standard InChI is InChI=1S/C19H38N2/c1-15(2)21(14-16-10-12-20-13-11-16)18-9-7-6-8-17(18)19(3,4)5/h15-18,20H,6-14H2,1-5H3. The maximum Gasteiger partial charge on any atom is 0.0131 e. The molecule has 0 amide bonds. The highest BCUT2D eigenvalue weighted by Crippen LogP contribution is 2.41. The maximum absolute atomic E-state index is 3.51. The smallest absolute Gasteiger partial charge is 0.0131 e. The molecule has 1 N–H and O–H groups in total. The predicted molar refractivity (Wildman–Crippen MR) is 92.6 cm³/mol. The Labute approximate surface area is 133 Å². The van der Waals surface area contributed by atoms with Crippen molar-refractivity contribution in [1.29, 1.82) is 0 Å². The minimum Gasteiger partial charge on any atom is -0.317 e. The van der Waals surface area contributed by atoms with E-state index in [2.05, 4.69) is 44.8 Å². The second-order valence-electron chi connectivity index (χ2n) is 8.81. The van der Waals surface area contributed by atoms with Gasteiger partial charge >= 0.3 is 0 Å². The van der Waals surface area contributed by atoms with Crippen molar-refractivity contribution >= 4 is 0 Å². The van der Waals surface area contributed by atoms with Gasteiger partial charge in [-0.05, 0) is 69.9 Å². The van der Waals surface area contributed by atoms with Gasteiger partial charge in [0.25, 0.3) is 0 Å². The van der Waals surface area contributed by atoms with Crippen LogP contribution in [-0.4, -0.2) is 36.6 Å². The van der Waals surface area contributed by atoms with Crippen LogP contribution in [0.3, 0.4) is 0 Å². The van der Waals surface area contributed by atoms with Crippen LogP contribution in [0.4, 0.5) is 0 Å². The summed E-state index contributed by atoms with van der Waals surface area (Å²) in [6.07, 6.45) is 8.48. The van der Waals surface area contributed by atoms with E-state index in [1.807, 2.05) is 0 Å². The van der Waals surface area contributed by atoms with Gasteiger partial charge in [-0.15, -0.1) is 0 Å². The maximum atomic E-state index is 3.51. The molecular formula is C19H38N2. The van der Waals surface area contributed by atoms with Crippen LogP contribution in [0.5, 0.6) is 0 Å². The van der Waals surface area contributed by atoms with Gasteiger partial charge in [-0.25, -0.2) is 0 Å². The minimum absolute atomic E-state index is 0.451. The molecule has 2 rings (SSSR count). The van der Waals surface area contributed by atoms with Gasteiger partial charge in [0.05, 0.1) is 0 Å². The lowest BCUT2D eigenvalue weighted by molar-refractivity contribution is 0.0109. The van der Waals surface area contributed by atoms with Crippen LogP contribution < -0.4 is 5.32 Å². The molecule has 0 radical (unpaired) electrons. The fourth-order valence-electron chi connectivity index (χ4n) is 4.61. The van der Waals surface area contributed by atoms with Crippen LogP contribution in [-0.2, 0) is 0 Å². The monoisotopic (exact) mass is 294 g/mol. The molecule has 1 aliphatic carbocycles. The Bertz CT molecular complexity index is 299. The van der Waals surface area contributed by atoms with E-state index in [9.17, 15) is 0 Å². The summed E-state index contributed by atoms with van der Waals surface area (Å²) in [4.78, 5) is 2.88. The van der Waals surface area contributed by atoms with E-state index < -0.39 is 0 Å². The van der Waals surface area contributed by atoms with Crippen LogP contribution in [0.2, 0.25) is 0 Å². The molecule has 0 aromatic carbocycles. The highest BCUT2D eigenvalue weighted by molar-refractivity contribution is 4.91. The van der Waals surface area contributed by atoms with Crippen molar-refractivity contribution in [3.05, 3.63) is 0 Å². The molecule has 2 heteroatoms. The first-order valence-electron chi connectivity index (χ1n) is 9.36. The Morgan fingerprint density at radius 1 is 1.00 bits per heavy atom. The van der Waals surface area contributed by atoms with E-state index >= 15 is 0 Å². The molecule has 0 aromatic rings. The fraction of sp³-hybridized carbons (Fsp3) is 1.00. The van der Waals surface area contributed by atoms with Gasteiger partial charge in [0.1, 0.15) is 0 Å². The number of hydrogen-bond acceptors (Lipinski definition) is 2. The molecule has 1 heterocycles. The molecule has 1 saturated heterocycles. The molecule has 2 fully saturated rings. The van der Waals surface area contributed by atoms with Gasteiger partial charge in [-0.1, -0.05) is 33.6 Å². The summed E-state index contributed by atoms with van der Waals surface area (Å²) in [7, 11) is 0. The fourth-order valence-corrected chi connectivity index (χ4v) is 4.61. The van der Waals surface area contributed by atoms with Crippen LogP contribution >= 0.6 is 0 Å². The average molecular weight is 295 g/mol. The van der Waals surface area contributed by atoms with Gasteiger partial charge < -0.3 is 5.32 Å². The van der Waals surface area contributed by atoms with Crippen LogP contribution in [0, 0.1) is 17.3 Å². The lowest BCUT2D eigenvalue weighted by Crippen LogP contribution is -2.52. The Hall–Kier alpha value is -0.0800. The highest BCUT2D eigenvalue weighted by Gasteiger charge is 2.38. The first-order chi connectivity index (χ1) is 9.89. The van der Waals surface area contributed by atoms with E-state index in [1.54, 1.807) is 0 Å². The summed E-state index contributed by atoms with van der Waals surface area (Å²) >= 11 is 0. The van der Waals surface area contributed by atoms with Crippen molar-refractivity contribution in [3.63, 3.8) is 0 Å². The number of hydrogen-bond donors (Lipinski definition) is 1. The summed E-state index contributed by atoms with van der Waals surface area (Å²) in [6, 6.07) is 1.50. The van der Waals surface area contributed by atoms with E-state index in [-0.39, 0.29) is 0 Å². The minimum atomic E-state index is 0.451. The van der Waals surface area contributed by atoms with Crippen molar-refractivity contribution in [2.75, 3.05) is 19.6 Å². The van der Waals surface area contributed by atoms with Crippen LogP contribution in [0.25, 0.3) is 0 Å². The normalized spacial score (nSPS) is 29.3. The van der Waals surface area contributed by atoms with Gasteiger partial charge in [-0.3, -0.25) is 4.90 Å². The SMILES string of the molecule is CC(C)N(CC1CCNCC1)C1CCCCC1C(C)(C)C. The number of rotatable bonds is 4. The van der Waals surface area contributed by atoms with E-state index in [0.717, 1.165) is 17.9 Å². The quantitative estimate of drug-likeness (QED) is 0.831. The molecule has 21 heavy (non-hydrogen) atoms. The molecule has 2 atom stereocenters. The third-order valence-electron chi connectivity index (χ3n) is 5.86. The third kappa shape index (κ3) is 4.69. The van der Waals surface area contributed by atoms with Crippen molar-refractivity contribution in [2.24, 2.45) is 17.3 Å². The topological polar surface area (TPSA) is 15.3 Å². The van der Waals surface area contributed by atoms with Crippen molar-refractivity contribution in [2.45, 2.75) is 85.2 Å². The molecule has 124 valence electrons. The van der Waals surface area contributed by atoms with E-state index in [1.165, 1.54) is 58.2 Å². The second-order valence-corrected chi connectivity index (χ2v) is 8.81. The van der Waals surface area contributed by atoms with Gasteiger partial charge in [0.15, 0.2) is 0 Å². The summed E-state index contributed by atoms with van der Waals surface area (Å²) in [6.45, 7) is 16.0. The number of nitrogens with zero attached hydrogens (tertiary/aromatic N) is 1. The largest absolute Gasteiger partial charge is 0.317 e. The Kier molecular flexibility index (Phi) is 6.14. The third-order valence-corrected chi connectivity index (χ3v) is 5.86. The zero-order valence-corrected chi connectivity index (χ0v) is 15.1. The predicted octanol–water partition coefficient (Wildman–Crippen LogP) is 4.30. The van der Waals surface area contributed by atoms with Crippen LogP contribution in [0.1, 0.15) is 73.1 Å². The second kappa shape index (κ2) is 7.46. The first-order valence-corrected chi connectivity index (χ1v) is 9.36. The van der Waals surface area contributed by atoms with Crippen LogP contribution in [0.15, 0.2) is 0 Å². The molecule has 0 spiro atoms. The molecule has 1 aliphatic heterocycles. The van der Waals surface area contributed by atoms with Crippen molar-refractivity contribution in [3.8, 4) is 0 Å². The summed E-state index contributed by atoms with van der Waals surface area (Å²) in [5, 5.41) is 3.51. The van der Waals surface area contributed by atoms with Crippen molar-refractivity contribution < 1.29 is 0 Å². The summed E-state index contributed by atoms with van der Waals surface area (Å²) in [5.74, 6) is 1.78. The molecule has 0 bridgehead atoms. The zero-order chi connectivity index (χ0) is 15.5. The van der Waals surface area contributed by atoms with E-state index in [0.29, 0.717) is 11.5 Å². The van der Waals surface area contributed by atoms with Crippen molar-refractivity contribution in [1.82, 2.24) is 10.2 Å². The van der Waals surface area contributed by atoms with Gasteiger partial charge in [0.2, 0.25) is 0 Å². The van der Waals surface area contributed by atoms with Gasteiger partial charge in [-0.2, -0.15) is 0 Å². The lowest BCUT2D eigenvalue weighted by atomic mass is 9.68. The molecular weight excluding hydrogens is 256 g/mol. The number of nitrogens with one attached hydrogen (secondary N) is 1. The number of piperidine rings is 1. The average Bonchev–Trinajstić information content (AvgIpc) is 2.45. The molecule has 2 unspecified atom stereocenters. The molecule has 2 aliphatic rings. The van der Waals surface area contributed by atoms with E-state index in [4.69, 9.17) is 0 Å². The Morgan fingerprint density at radius 3 is 2.19 bits per heavy atom. The lowest BCUT2D eigenvalue weighted by Gasteiger charge is -2.48. The Balaban J connectivity index is 2.07.